The van der Waals surface area contributed by atoms with Crippen LogP contribution in [0.1, 0.15) is 0 Å². The molecular formula is C19H12F2IN7O2S2. The summed E-state index contributed by atoms with van der Waals surface area (Å²) in [4.78, 5) is 12.6. The summed E-state index contributed by atoms with van der Waals surface area (Å²) in [6.07, 6.45) is 2.82. The minimum Gasteiger partial charge on any atom is -0.335 e. The average molecular weight is 599 g/mol. The molecule has 0 radical (unpaired) electrons. The zero-order chi connectivity index (χ0) is 23.0. The van der Waals surface area contributed by atoms with Crippen molar-refractivity contribution in [1.82, 2.24) is 15.0 Å². The third-order valence-electron chi connectivity index (χ3n) is 4.53. The lowest BCUT2D eigenvalue weighted by atomic mass is 10.1. The van der Waals surface area contributed by atoms with Crippen molar-refractivity contribution in [2.45, 2.75) is 4.90 Å². The molecule has 0 aliphatic carbocycles. The van der Waals surface area contributed by atoms with Gasteiger partial charge >= 0.3 is 0 Å². The molecule has 3 aromatic heterocycles. The number of halogens is 3. The molecule has 0 atom stereocenters. The Morgan fingerprint density at radius 2 is 1.97 bits per heavy atom. The number of hydrogen-bond acceptors (Lipinski definition) is 9. The van der Waals surface area contributed by atoms with Crippen molar-refractivity contribution < 1.29 is 17.2 Å². The summed E-state index contributed by atoms with van der Waals surface area (Å²) >= 11 is 0.530. The Balaban J connectivity index is 1.54. The Morgan fingerprint density at radius 1 is 1.09 bits per heavy atom. The van der Waals surface area contributed by atoms with Crippen LogP contribution in [0.3, 0.4) is 0 Å². The summed E-state index contributed by atoms with van der Waals surface area (Å²) in [5.41, 5.74) is 0.494. The summed E-state index contributed by atoms with van der Waals surface area (Å²) in [5, 5.41) is 5.64. The molecule has 0 unspecified atom stereocenters. The minimum atomic E-state index is -4.03. The van der Waals surface area contributed by atoms with Crippen molar-refractivity contribution in [3.05, 3.63) is 65.3 Å². The van der Waals surface area contributed by atoms with Gasteiger partial charge in [-0.15, -0.1) is 0 Å². The van der Waals surface area contributed by atoms with Gasteiger partial charge in [0.05, 0.1) is 10.6 Å². The molecule has 4 aromatic rings. The zero-order valence-corrected chi connectivity index (χ0v) is 20.0. The lowest BCUT2D eigenvalue weighted by Crippen LogP contribution is -2.14. The van der Waals surface area contributed by atoms with Gasteiger partial charge in [0.15, 0.2) is 11.6 Å². The topological polar surface area (TPSA) is 121 Å². The van der Waals surface area contributed by atoms with Gasteiger partial charge in [-0.2, -0.15) is 14.5 Å². The van der Waals surface area contributed by atoms with E-state index >= 15 is 4.39 Å². The van der Waals surface area contributed by atoms with Crippen LogP contribution >= 0.6 is 32.6 Å². The van der Waals surface area contributed by atoms with E-state index in [0.717, 1.165) is 12.1 Å². The first kappa shape index (κ1) is 21.7. The molecule has 5 rings (SSSR count). The van der Waals surface area contributed by atoms with Crippen LogP contribution in [0.25, 0.3) is 11.3 Å². The summed E-state index contributed by atoms with van der Waals surface area (Å²) in [6, 6.07) is 6.71. The molecule has 14 heteroatoms. The smallest absolute Gasteiger partial charge is 0.262 e. The first-order chi connectivity index (χ1) is 15.9. The van der Waals surface area contributed by atoms with Gasteiger partial charge in [-0.05, 0) is 35.7 Å². The van der Waals surface area contributed by atoms with E-state index in [0.29, 0.717) is 22.8 Å². The molecule has 1 aliphatic heterocycles. The maximum atomic E-state index is 15.2. The van der Waals surface area contributed by atoms with Gasteiger partial charge in [-0.1, -0.05) is 0 Å². The van der Waals surface area contributed by atoms with Crippen LogP contribution in [0.5, 0.6) is 0 Å². The minimum absolute atomic E-state index is 0.0180. The number of fused-ring (bicyclic) bond motifs is 1. The quantitative estimate of drug-likeness (QED) is 0.196. The second-order valence-corrected chi connectivity index (χ2v) is 10.5. The highest BCUT2D eigenvalue weighted by atomic mass is 127. The molecule has 0 amide bonds. The van der Waals surface area contributed by atoms with E-state index in [1.54, 1.807) is 17.5 Å². The molecule has 168 valence electrons. The lowest BCUT2D eigenvalue weighted by Gasteiger charge is -2.15. The molecule has 0 fully saturated rings. The van der Waals surface area contributed by atoms with Crippen LogP contribution in [-0.2, 0) is 10.0 Å². The van der Waals surface area contributed by atoms with Gasteiger partial charge in [0.2, 0.25) is 0 Å². The van der Waals surface area contributed by atoms with Crippen LogP contribution in [0.2, 0.25) is 0 Å². The molecule has 1 aliphatic rings. The molecule has 0 saturated carbocycles. The van der Waals surface area contributed by atoms with Crippen LogP contribution in [0, 0.1) is 11.6 Å². The summed E-state index contributed by atoms with van der Waals surface area (Å²) in [7, 11) is -4.03. The summed E-state index contributed by atoms with van der Waals surface area (Å²) in [6.45, 7) is 0. The Kier molecular flexibility index (Phi) is 5.71. The maximum absolute atomic E-state index is 15.2. The third-order valence-corrected chi connectivity index (χ3v) is 8.20. The predicted octanol–water partition coefficient (Wildman–Crippen LogP) is 5.55. The number of sulfonamides is 1. The Morgan fingerprint density at radius 3 is 2.79 bits per heavy atom. The molecule has 0 saturated heterocycles. The molecule has 1 aromatic carbocycles. The average Bonchev–Trinajstić information content (AvgIpc) is 3.51. The molecule has 4 heterocycles. The van der Waals surface area contributed by atoms with Crippen LogP contribution in [0.4, 0.5) is 37.5 Å². The summed E-state index contributed by atoms with van der Waals surface area (Å²) in [5.74, 6) is -1.33. The van der Waals surface area contributed by atoms with Crippen molar-refractivity contribution in [1.29, 1.82) is 0 Å². The molecule has 9 nitrogen and oxygen atoms in total. The van der Waals surface area contributed by atoms with E-state index < -0.39 is 54.3 Å². The van der Waals surface area contributed by atoms with Crippen LogP contribution < -0.4 is 13.6 Å². The zero-order valence-electron chi connectivity index (χ0n) is 16.3. The van der Waals surface area contributed by atoms with Crippen LogP contribution in [0.15, 0.2) is 61.7 Å². The summed E-state index contributed by atoms with van der Waals surface area (Å²) < 4.78 is 64.5. The predicted molar refractivity (Wildman–Crippen MR) is 130 cm³/mol. The van der Waals surface area contributed by atoms with Gasteiger partial charge in [-0.25, -0.2) is 32.2 Å². The fourth-order valence-corrected chi connectivity index (χ4v) is 6.53. The van der Waals surface area contributed by atoms with Gasteiger partial charge in [0.1, 0.15) is 56.3 Å². The fourth-order valence-electron chi connectivity index (χ4n) is 3.00. The van der Waals surface area contributed by atoms with E-state index in [9.17, 15) is 12.8 Å². The number of hydrogen-bond donors (Lipinski definition) is 3. The lowest BCUT2D eigenvalue weighted by molar-refractivity contribution is 0.588. The van der Waals surface area contributed by atoms with E-state index in [2.05, 4.69) is 31.7 Å². The Bertz CT molecular complexity index is 1500. The Hall–Kier alpha value is -3.11. The van der Waals surface area contributed by atoms with Gasteiger partial charge in [0.25, 0.3) is 10.0 Å². The number of rotatable bonds is 6. The second-order valence-electron chi connectivity index (χ2n) is 6.56. The van der Waals surface area contributed by atoms with Crippen molar-refractivity contribution in [2.24, 2.45) is 3.15 Å². The highest BCUT2D eigenvalue weighted by Crippen LogP contribution is 2.43. The molecule has 33 heavy (non-hydrogen) atoms. The van der Waals surface area contributed by atoms with E-state index in [4.69, 9.17) is 0 Å². The van der Waals surface area contributed by atoms with Crippen molar-refractivity contribution in [3.63, 3.8) is 0 Å². The molecule has 3 N–H and O–H groups in total. The largest absolute Gasteiger partial charge is 0.335 e. The first-order valence-corrected chi connectivity index (χ1v) is 13.6. The second kappa shape index (κ2) is 8.68. The van der Waals surface area contributed by atoms with Crippen molar-refractivity contribution in [3.8, 4) is 11.3 Å². The maximum Gasteiger partial charge on any atom is 0.262 e. The molecular weight excluding hydrogens is 587 g/mol. The number of anilines is 4. The normalized spacial score (nSPS) is 12.5. The van der Waals surface area contributed by atoms with Gasteiger partial charge in [0, 0.05) is 17.1 Å². The van der Waals surface area contributed by atoms with Gasteiger partial charge < -0.3 is 8.85 Å². The Labute approximate surface area is 200 Å². The molecule has 0 bridgehead atoms. The van der Waals surface area contributed by atoms with E-state index in [-0.39, 0.29) is 10.7 Å². The number of nitrogens with one attached hydrogen (secondary N) is 3. The number of nitrogens with zero attached hydrogens (tertiary/aromatic N) is 4. The van der Waals surface area contributed by atoms with Gasteiger partial charge in [-0.3, -0.25) is 4.72 Å². The van der Waals surface area contributed by atoms with E-state index in [1.807, 2.05) is 0 Å². The number of benzene rings is 1. The highest BCUT2D eigenvalue weighted by Gasteiger charge is 2.23. The standard InChI is InChI=1S/C19H12F2IN7O2S2/c20-12-3-4-13(29-33(30,31)10-5-7-32-8-10)14(21)16(12)26-18-11(2-1-6-23-18)15-17-19(25-9-24-15)28-22-27-17/h1-9,29H,(H,23,26)(H,24,25,27,28). The van der Waals surface area contributed by atoms with Crippen molar-refractivity contribution >= 4 is 71.4 Å². The SMILES string of the molecule is O=S(=O)(Nc1ccc(F)c(Nc2ncccc2-c2ncnc3c2N=IN3)c1F)c1ccsc1. The fraction of sp³-hybridized carbons (Fsp3) is 0. The van der Waals surface area contributed by atoms with Crippen LogP contribution in [-0.4, -0.2) is 23.4 Å². The van der Waals surface area contributed by atoms with Crippen molar-refractivity contribution in [2.75, 3.05) is 13.6 Å². The van der Waals surface area contributed by atoms with E-state index in [1.165, 1.54) is 35.3 Å². The molecule has 0 spiro atoms. The highest BCUT2D eigenvalue weighted by molar-refractivity contribution is 14.2. The first-order valence-electron chi connectivity index (χ1n) is 9.14. The number of aromatic nitrogens is 3. The third kappa shape index (κ3) is 4.16. The number of pyridine rings is 1. The monoisotopic (exact) mass is 599 g/mol. The number of thiophene rings is 1.